The third kappa shape index (κ3) is 3.27. The number of halogens is 1. The van der Waals surface area contributed by atoms with E-state index < -0.39 is 0 Å². The number of fused-ring (bicyclic) bond motifs is 1. The van der Waals surface area contributed by atoms with Crippen molar-refractivity contribution in [3.63, 3.8) is 0 Å². The van der Waals surface area contributed by atoms with Crippen molar-refractivity contribution in [2.24, 2.45) is 0 Å². The Labute approximate surface area is 151 Å². The quantitative estimate of drug-likeness (QED) is 0.373. The van der Waals surface area contributed by atoms with Crippen LogP contribution in [0.5, 0.6) is 0 Å². The molecule has 0 fully saturated rings. The number of aromatic nitrogens is 4. The Kier molecular flexibility index (Phi) is 4.46. The minimum absolute atomic E-state index is 0.252. The van der Waals surface area contributed by atoms with E-state index in [1.807, 2.05) is 12.3 Å². The fourth-order valence-electron chi connectivity index (χ4n) is 2.42. The third-order valence-electron chi connectivity index (χ3n) is 3.64. The van der Waals surface area contributed by atoms with E-state index in [0.717, 1.165) is 26.4 Å². The monoisotopic (exact) mass is 372 g/mol. The van der Waals surface area contributed by atoms with Crippen LogP contribution in [0.25, 0.3) is 21.3 Å². The van der Waals surface area contributed by atoms with Gasteiger partial charge in [-0.25, -0.2) is 14.4 Å². The largest absolute Gasteiger partial charge is 0.339 e. The first-order valence-corrected chi connectivity index (χ1v) is 9.53. The molecule has 0 N–H and O–H groups in total. The molecule has 0 saturated heterocycles. The molecule has 3 aromatic heterocycles. The molecule has 0 spiro atoms. The van der Waals surface area contributed by atoms with Crippen LogP contribution in [-0.4, -0.2) is 20.1 Å². The van der Waals surface area contributed by atoms with Crippen LogP contribution in [0, 0.1) is 5.82 Å². The first kappa shape index (κ1) is 16.2. The molecule has 1 aromatic carbocycles. The maximum absolute atomic E-state index is 13.2. The normalized spacial score (nSPS) is 11.3. The lowest BCUT2D eigenvalue weighted by Crippen LogP contribution is -1.89. The fourth-order valence-corrected chi connectivity index (χ4v) is 4.26. The molecule has 0 bridgehead atoms. The second-order valence-electron chi connectivity index (χ2n) is 5.26. The molecule has 4 rings (SSSR count). The van der Waals surface area contributed by atoms with Crippen LogP contribution in [0.15, 0.2) is 45.5 Å². The van der Waals surface area contributed by atoms with Gasteiger partial charge in [0.05, 0.1) is 11.1 Å². The summed E-state index contributed by atoms with van der Waals surface area (Å²) in [6, 6.07) is 6.46. The maximum Gasteiger partial charge on any atom is 0.226 e. The summed E-state index contributed by atoms with van der Waals surface area (Å²) in [7, 11) is 0. The van der Waals surface area contributed by atoms with Gasteiger partial charge < -0.3 is 4.52 Å². The molecule has 0 aliphatic rings. The van der Waals surface area contributed by atoms with Crippen LogP contribution in [0.3, 0.4) is 0 Å². The van der Waals surface area contributed by atoms with Crippen molar-refractivity contribution in [2.75, 3.05) is 0 Å². The molecule has 25 heavy (non-hydrogen) atoms. The first-order chi connectivity index (χ1) is 12.2. The number of hydrogen-bond donors (Lipinski definition) is 0. The molecule has 0 aliphatic heterocycles. The molecule has 0 radical (unpaired) electrons. The standard InChI is InChI=1S/C17H13FN4OS2/c1-2-14-21-13(22-23-14)8-25-17-15-12(7-24-16(15)19-9-20-17)10-3-5-11(18)6-4-10/h3-7,9H,2,8H2,1H3. The molecule has 0 aliphatic carbocycles. The second-order valence-corrected chi connectivity index (χ2v) is 7.08. The Balaban J connectivity index is 1.68. The molecule has 0 saturated carbocycles. The van der Waals surface area contributed by atoms with Crippen LogP contribution in [0.2, 0.25) is 0 Å². The van der Waals surface area contributed by atoms with Gasteiger partial charge in [-0.1, -0.05) is 36.0 Å². The molecule has 8 heteroatoms. The van der Waals surface area contributed by atoms with E-state index in [0.29, 0.717) is 23.9 Å². The lowest BCUT2D eigenvalue weighted by atomic mass is 10.1. The molecule has 0 unspecified atom stereocenters. The minimum Gasteiger partial charge on any atom is -0.339 e. The number of thioether (sulfide) groups is 1. The van der Waals surface area contributed by atoms with Crippen molar-refractivity contribution in [2.45, 2.75) is 24.1 Å². The highest BCUT2D eigenvalue weighted by Gasteiger charge is 2.15. The molecule has 4 aromatic rings. The van der Waals surface area contributed by atoms with Gasteiger partial charge in [0.1, 0.15) is 22.0 Å². The zero-order valence-electron chi connectivity index (χ0n) is 13.3. The summed E-state index contributed by atoms with van der Waals surface area (Å²) in [5, 5.41) is 7.83. The van der Waals surface area contributed by atoms with Gasteiger partial charge in [-0.2, -0.15) is 4.98 Å². The van der Waals surface area contributed by atoms with E-state index in [2.05, 4.69) is 20.1 Å². The topological polar surface area (TPSA) is 64.7 Å². The Morgan fingerprint density at radius 2 is 2.04 bits per heavy atom. The van der Waals surface area contributed by atoms with Crippen LogP contribution in [-0.2, 0) is 12.2 Å². The van der Waals surface area contributed by atoms with Crippen molar-refractivity contribution < 1.29 is 8.91 Å². The first-order valence-electron chi connectivity index (χ1n) is 7.67. The maximum atomic E-state index is 13.2. The molecule has 0 atom stereocenters. The van der Waals surface area contributed by atoms with E-state index in [1.165, 1.54) is 23.9 Å². The van der Waals surface area contributed by atoms with Gasteiger partial charge in [-0.05, 0) is 17.7 Å². The van der Waals surface area contributed by atoms with E-state index >= 15 is 0 Å². The van der Waals surface area contributed by atoms with E-state index in [-0.39, 0.29) is 5.82 Å². The Hall–Kier alpha value is -2.32. The summed E-state index contributed by atoms with van der Waals surface area (Å²) in [5.41, 5.74) is 1.95. The number of thiophene rings is 1. The van der Waals surface area contributed by atoms with Crippen LogP contribution < -0.4 is 0 Å². The van der Waals surface area contributed by atoms with Gasteiger partial charge in [0, 0.05) is 17.4 Å². The summed E-state index contributed by atoms with van der Waals surface area (Å²) >= 11 is 3.09. The van der Waals surface area contributed by atoms with Crippen LogP contribution >= 0.6 is 23.1 Å². The molecule has 126 valence electrons. The predicted octanol–water partition coefficient (Wildman–Crippen LogP) is 4.74. The summed E-state index contributed by atoms with van der Waals surface area (Å²) in [6.45, 7) is 1.97. The number of aryl methyl sites for hydroxylation is 1. The van der Waals surface area contributed by atoms with Crippen LogP contribution in [0.4, 0.5) is 4.39 Å². The number of nitrogens with zero attached hydrogens (tertiary/aromatic N) is 4. The highest BCUT2D eigenvalue weighted by atomic mass is 32.2. The summed E-state index contributed by atoms with van der Waals surface area (Å²) in [6.07, 6.45) is 2.28. The number of hydrogen-bond acceptors (Lipinski definition) is 7. The lowest BCUT2D eigenvalue weighted by Gasteiger charge is -2.04. The van der Waals surface area contributed by atoms with Crippen molar-refractivity contribution in [1.29, 1.82) is 0 Å². The van der Waals surface area contributed by atoms with Gasteiger partial charge in [-0.15, -0.1) is 11.3 Å². The Bertz CT molecular complexity index is 1010. The minimum atomic E-state index is -0.252. The summed E-state index contributed by atoms with van der Waals surface area (Å²) in [4.78, 5) is 14.0. The molecule has 0 amide bonds. The van der Waals surface area contributed by atoms with Crippen molar-refractivity contribution >= 4 is 33.3 Å². The van der Waals surface area contributed by atoms with Gasteiger partial charge in [0.25, 0.3) is 0 Å². The molecular formula is C17H13FN4OS2. The Morgan fingerprint density at radius 1 is 1.20 bits per heavy atom. The zero-order chi connectivity index (χ0) is 17.2. The predicted molar refractivity (Wildman–Crippen MR) is 96.0 cm³/mol. The lowest BCUT2D eigenvalue weighted by molar-refractivity contribution is 0.378. The zero-order valence-corrected chi connectivity index (χ0v) is 14.9. The van der Waals surface area contributed by atoms with Crippen molar-refractivity contribution in [3.8, 4) is 11.1 Å². The third-order valence-corrected chi connectivity index (χ3v) is 5.51. The number of rotatable bonds is 5. The van der Waals surface area contributed by atoms with E-state index in [4.69, 9.17) is 4.52 Å². The number of benzene rings is 1. The fraction of sp³-hybridized carbons (Fsp3) is 0.176. The van der Waals surface area contributed by atoms with Crippen LogP contribution in [0.1, 0.15) is 18.6 Å². The van der Waals surface area contributed by atoms with Gasteiger partial charge in [-0.3, -0.25) is 0 Å². The molecule has 5 nitrogen and oxygen atoms in total. The SMILES string of the molecule is CCc1nc(CSc2ncnc3scc(-c4ccc(F)cc4)c23)no1. The highest BCUT2D eigenvalue weighted by molar-refractivity contribution is 7.98. The van der Waals surface area contributed by atoms with Gasteiger partial charge in [0.15, 0.2) is 5.82 Å². The van der Waals surface area contributed by atoms with Gasteiger partial charge in [0.2, 0.25) is 5.89 Å². The van der Waals surface area contributed by atoms with Crippen molar-refractivity contribution in [1.82, 2.24) is 20.1 Å². The van der Waals surface area contributed by atoms with Gasteiger partial charge >= 0.3 is 0 Å². The van der Waals surface area contributed by atoms with E-state index in [1.54, 1.807) is 29.8 Å². The van der Waals surface area contributed by atoms with E-state index in [9.17, 15) is 4.39 Å². The average Bonchev–Trinajstić information content (AvgIpc) is 3.27. The Morgan fingerprint density at radius 3 is 2.80 bits per heavy atom. The molecular weight excluding hydrogens is 359 g/mol. The summed E-state index contributed by atoms with van der Waals surface area (Å²) in [5.74, 6) is 1.59. The summed E-state index contributed by atoms with van der Waals surface area (Å²) < 4.78 is 18.4. The second kappa shape index (κ2) is 6.89. The van der Waals surface area contributed by atoms with Crippen molar-refractivity contribution in [3.05, 3.63) is 53.5 Å². The smallest absolute Gasteiger partial charge is 0.226 e. The average molecular weight is 372 g/mol. The molecule has 3 heterocycles. The highest BCUT2D eigenvalue weighted by Crippen LogP contribution is 2.38.